The molecular formula is C24H38IN7O. The standard InChI is InChI=1S/C24H37N7O.HI/c1-3-25-24(26-14-9-13-23-28-27-22-12-5-4-8-15-31(22)23)30-18-16-29(17-19-30)20-10-6-7-11-21(20)32-2;/h6-7,10-11H,3-5,8-9,12-19H2,1-2H3,(H,25,26);1H. The van der Waals surface area contributed by atoms with E-state index in [1.165, 1.54) is 30.8 Å². The largest absolute Gasteiger partial charge is 0.495 e. The van der Waals surface area contributed by atoms with Crippen LogP contribution in [0.3, 0.4) is 0 Å². The first kappa shape index (κ1) is 25.6. The summed E-state index contributed by atoms with van der Waals surface area (Å²) in [5, 5.41) is 12.4. The number of fused-ring (bicyclic) bond motifs is 1. The lowest BCUT2D eigenvalue weighted by molar-refractivity contribution is 0.367. The van der Waals surface area contributed by atoms with Gasteiger partial charge in [0.1, 0.15) is 17.4 Å². The van der Waals surface area contributed by atoms with Crippen molar-refractivity contribution in [3.63, 3.8) is 0 Å². The normalized spacial score (nSPS) is 16.6. The van der Waals surface area contributed by atoms with Gasteiger partial charge in [0.2, 0.25) is 0 Å². The number of rotatable bonds is 7. The first-order valence-corrected chi connectivity index (χ1v) is 12.1. The van der Waals surface area contributed by atoms with Crippen LogP contribution < -0.4 is 15.0 Å². The van der Waals surface area contributed by atoms with Gasteiger partial charge in [-0.15, -0.1) is 34.2 Å². The monoisotopic (exact) mass is 567 g/mol. The highest BCUT2D eigenvalue weighted by atomic mass is 127. The predicted octanol–water partition coefficient (Wildman–Crippen LogP) is 3.35. The number of aliphatic imine (C=N–C) groups is 1. The van der Waals surface area contributed by atoms with E-state index in [1.807, 2.05) is 12.1 Å². The van der Waals surface area contributed by atoms with E-state index in [1.54, 1.807) is 7.11 Å². The quantitative estimate of drug-likeness (QED) is 0.240. The first-order valence-electron chi connectivity index (χ1n) is 12.1. The summed E-state index contributed by atoms with van der Waals surface area (Å²) in [5.74, 6) is 4.26. The number of methoxy groups -OCH3 is 1. The number of anilines is 1. The lowest BCUT2D eigenvalue weighted by Crippen LogP contribution is -2.52. The molecule has 0 aliphatic carbocycles. The topological polar surface area (TPSA) is 70.8 Å². The number of hydrogen-bond donors (Lipinski definition) is 1. The number of halogens is 1. The minimum atomic E-state index is 0. The lowest BCUT2D eigenvalue weighted by Gasteiger charge is -2.38. The van der Waals surface area contributed by atoms with Crippen molar-refractivity contribution < 1.29 is 4.74 Å². The Bertz CT molecular complexity index is 893. The maximum absolute atomic E-state index is 5.55. The van der Waals surface area contributed by atoms with E-state index in [4.69, 9.17) is 9.73 Å². The zero-order valence-corrected chi connectivity index (χ0v) is 22.3. The molecule has 1 aromatic heterocycles. The van der Waals surface area contributed by atoms with Crippen LogP contribution in [0.2, 0.25) is 0 Å². The average molecular weight is 568 g/mol. The molecule has 1 aromatic carbocycles. The predicted molar refractivity (Wildman–Crippen MR) is 144 cm³/mol. The molecule has 1 N–H and O–H groups in total. The van der Waals surface area contributed by atoms with Crippen LogP contribution >= 0.6 is 24.0 Å². The van der Waals surface area contributed by atoms with E-state index in [-0.39, 0.29) is 24.0 Å². The van der Waals surface area contributed by atoms with Crippen molar-refractivity contribution in [1.29, 1.82) is 0 Å². The molecule has 1 saturated heterocycles. The molecule has 1 fully saturated rings. The zero-order valence-electron chi connectivity index (χ0n) is 20.0. The van der Waals surface area contributed by atoms with Crippen LogP contribution in [0.4, 0.5) is 5.69 Å². The maximum Gasteiger partial charge on any atom is 0.194 e. The fourth-order valence-electron chi connectivity index (χ4n) is 4.63. The van der Waals surface area contributed by atoms with Crippen LogP contribution in [-0.2, 0) is 19.4 Å². The smallest absolute Gasteiger partial charge is 0.194 e. The van der Waals surface area contributed by atoms with E-state index in [2.05, 4.69) is 48.9 Å². The van der Waals surface area contributed by atoms with Gasteiger partial charge in [0.05, 0.1) is 12.8 Å². The van der Waals surface area contributed by atoms with E-state index >= 15 is 0 Å². The van der Waals surface area contributed by atoms with Crippen LogP contribution in [0, 0.1) is 0 Å². The molecule has 0 amide bonds. The van der Waals surface area contributed by atoms with Gasteiger partial charge in [-0.1, -0.05) is 18.6 Å². The summed E-state index contributed by atoms with van der Waals surface area (Å²) < 4.78 is 7.89. The van der Waals surface area contributed by atoms with Crippen LogP contribution in [0.5, 0.6) is 5.75 Å². The molecule has 4 rings (SSSR count). The highest BCUT2D eigenvalue weighted by molar-refractivity contribution is 14.0. The molecule has 2 aliphatic heterocycles. The van der Waals surface area contributed by atoms with Gasteiger partial charge in [0.15, 0.2) is 5.96 Å². The number of guanidine groups is 1. The molecule has 0 atom stereocenters. The van der Waals surface area contributed by atoms with Crippen molar-refractivity contribution in [3.05, 3.63) is 35.9 Å². The number of aromatic nitrogens is 3. The molecule has 8 nitrogen and oxygen atoms in total. The molecule has 182 valence electrons. The van der Waals surface area contributed by atoms with Crippen molar-refractivity contribution in [3.8, 4) is 5.75 Å². The number of para-hydroxylation sites is 2. The summed E-state index contributed by atoms with van der Waals surface area (Å²) in [6, 6.07) is 8.26. The Morgan fingerprint density at radius 2 is 1.88 bits per heavy atom. The highest BCUT2D eigenvalue weighted by Crippen LogP contribution is 2.28. The zero-order chi connectivity index (χ0) is 22.2. The summed E-state index contributed by atoms with van der Waals surface area (Å²) in [6.45, 7) is 8.68. The summed E-state index contributed by atoms with van der Waals surface area (Å²) in [4.78, 5) is 9.70. The Kier molecular flexibility index (Phi) is 10.1. The maximum atomic E-state index is 5.55. The Labute approximate surface area is 214 Å². The number of piperazine rings is 1. The molecule has 9 heteroatoms. The minimum absolute atomic E-state index is 0. The number of aryl methyl sites for hydroxylation is 2. The fraction of sp³-hybridized carbons (Fsp3) is 0.625. The second-order valence-corrected chi connectivity index (χ2v) is 8.48. The van der Waals surface area contributed by atoms with Crippen molar-refractivity contribution in [2.24, 2.45) is 4.99 Å². The van der Waals surface area contributed by atoms with Gasteiger partial charge < -0.3 is 24.4 Å². The third kappa shape index (κ3) is 6.51. The van der Waals surface area contributed by atoms with E-state index in [9.17, 15) is 0 Å². The third-order valence-electron chi connectivity index (χ3n) is 6.35. The molecule has 0 bridgehead atoms. The highest BCUT2D eigenvalue weighted by Gasteiger charge is 2.21. The van der Waals surface area contributed by atoms with Crippen molar-refractivity contribution in [1.82, 2.24) is 25.0 Å². The van der Waals surface area contributed by atoms with Crippen LogP contribution in [0.1, 0.15) is 44.3 Å². The minimum Gasteiger partial charge on any atom is -0.495 e. The van der Waals surface area contributed by atoms with Gasteiger partial charge in [0, 0.05) is 58.7 Å². The first-order chi connectivity index (χ1) is 15.8. The molecule has 0 unspecified atom stereocenters. The molecule has 0 radical (unpaired) electrons. The van der Waals surface area contributed by atoms with Crippen molar-refractivity contribution in [2.45, 2.75) is 52.0 Å². The fourth-order valence-corrected chi connectivity index (χ4v) is 4.63. The van der Waals surface area contributed by atoms with E-state index < -0.39 is 0 Å². The number of hydrogen-bond acceptors (Lipinski definition) is 5. The Morgan fingerprint density at radius 1 is 1.06 bits per heavy atom. The molecule has 2 aromatic rings. The van der Waals surface area contributed by atoms with Crippen molar-refractivity contribution >= 4 is 35.6 Å². The Balaban J connectivity index is 0.00000306. The third-order valence-corrected chi connectivity index (χ3v) is 6.35. The van der Waals surface area contributed by atoms with Gasteiger partial charge >= 0.3 is 0 Å². The summed E-state index contributed by atoms with van der Waals surface area (Å²) >= 11 is 0. The van der Waals surface area contributed by atoms with Crippen LogP contribution in [-0.4, -0.2) is 72.0 Å². The lowest BCUT2D eigenvalue weighted by atomic mass is 10.2. The number of ether oxygens (including phenoxy) is 1. The van der Waals surface area contributed by atoms with Gasteiger partial charge in [0.25, 0.3) is 0 Å². The van der Waals surface area contributed by atoms with Gasteiger partial charge in [-0.25, -0.2) is 0 Å². The Morgan fingerprint density at radius 3 is 2.67 bits per heavy atom. The molecular weight excluding hydrogens is 529 g/mol. The Hall–Kier alpha value is -2.04. The molecule has 3 heterocycles. The van der Waals surface area contributed by atoms with E-state index in [0.717, 1.165) is 82.6 Å². The number of nitrogens with zero attached hydrogens (tertiary/aromatic N) is 6. The van der Waals surface area contributed by atoms with Gasteiger partial charge in [-0.3, -0.25) is 4.99 Å². The van der Waals surface area contributed by atoms with Gasteiger partial charge in [-0.2, -0.15) is 0 Å². The van der Waals surface area contributed by atoms with Crippen LogP contribution in [0.15, 0.2) is 29.3 Å². The molecule has 33 heavy (non-hydrogen) atoms. The number of benzene rings is 1. The van der Waals surface area contributed by atoms with E-state index in [0.29, 0.717) is 0 Å². The summed E-state index contributed by atoms with van der Waals surface area (Å²) in [6.07, 6.45) is 6.77. The van der Waals surface area contributed by atoms with Crippen LogP contribution in [0.25, 0.3) is 0 Å². The van der Waals surface area contributed by atoms with Gasteiger partial charge in [-0.05, 0) is 38.3 Å². The molecule has 0 saturated carbocycles. The average Bonchev–Trinajstić information content (AvgIpc) is 3.06. The molecule has 0 spiro atoms. The second-order valence-electron chi connectivity index (χ2n) is 8.48. The number of nitrogens with one attached hydrogen (secondary N) is 1. The summed E-state index contributed by atoms with van der Waals surface area (Å²) in [5.41, 5.74) is 1.17. The SMILES string of the molecule is CCNC(=NCCCc1nnc2n1CCCCC2)N1CCN(c2ccccc2OC)CC1.I. The van der Waals surface area contributed by atoms with Crippen molar-refractivity contribution in [2.75, 3.05) is 51.3 Å². The molecule has 2 aliphatic rings. The summed E-state index contributed by atoms with van der Waals surface area (Å²) in [7, 11) is 1.74. The second kappa shape index (κ2) is 13.0.